The number of methoxy groups -OCH3 is 2. The molecule has 8 heteroatoms. The molecular weight excluding hydrogens is 416 g/mol. The minimum absolute atomic E-state index is 0. The van der Waals surface area contributed by atoms with E-state index in [0.717, 1.165) is 11.6 Å². The highest BCUT2D eigenvalue weighted by Crippen LogP contribution is 2.27. The first-order valence-electron chi connectivity index (χ1n) is 9.97. The van der Waals surface area contributed by atoms with Crippen molar-refractivity contribution in [2.24, 2.45) is 0 Å². The Balaban J connectivity index is 0.00000272. The molecule has 0 aliphatic carbocycles. The molecule has 0 N–H and O–H groups in total. The molecule has 0 unspecified atom stereocenters. The monoisotopic (exact) mass is 442 g/mol. The van der Waals surface area contributed by atoms with E-state index in [2.05, 4.69) is 45.6 Å². The number of aromatic nitrogens is 2. The van der Waals surface area contributed by atoms with Crippen molar-refractivity contribution in [3.63, 3.8) is 0 Å². The molecule has 0 spiro atoms. The van der Waals surface area contributed by atoms with E-state index in [9.17, 15) is 4.79 Å². The van der Waals surface area contributed by atoms with Gasteiger partial charge >= 0.3 is 0 Å². The second kappa shape index (κ2) is 9.75. The van der Waals surface area contributed by atoms with Crippen LogP contribution in [-0.4, -0.2) is 60.8 Å². The summed E-state index contributed by atoms with van der Waals surface area (Å²) in [5.74, 6) is 2.05. The number of imidazole rings is 1. The minimum atomic E-state index is -0.0315. The second-order valence-corrected chi connectivity index (χ2v) is 7.28. The van der Waals surface area contributed by atoms with Gasteiger partial charge in [0.2, 0.25) is 5.95 Å². The summed E-state index contributed by atoms with van der Waals surface area (Å²) in [4.78, 5) is 21.7. The van der Waals surface area contributed by atoms with E-state index in [-0.39, 0.29) is 18.3 Å². The fraction of sp³-hybridized carbons (Fsp3) is 0.304. The summed E-state index contributed by atoms with van der Waals surface area (Å²) in [6.45, 7) is 4.75. The number of benzene rings is 2. The number of carbonyl (C=O) groups is 1. The largest absolute Gasteiger partial charge is 0.497 e. The number of hydrogen-bond acceptors (Lipinski definition) is 5. The van der Waals surface area contributed by atoms with E-state index in [1.807, 2.05) is 17.3 Å². The first kappa shape index (κ1) is 22.5. The van der Waals surface area contributed by atoms with Crippen LogP contribution in [0.4, 0.5) is 5.95 Å². The topological polar surface area (TPSA) is 59.8 Å². The Morgan fingerprint density at radius 2 is 1.68 bits per heavy atom. The highest BCUT2D eigenvalue weighted by atomic mass is 35.5. The zero-order valence-corrected chi connectivity index (χ0v) is 18.8. The summed E-state index contributed by atoms with van der Waals surface area (Å²) in [6.07, 6.45) is 3.79. The van der Waals surface area contributed by atoms with Crippen LogP contribution in [0.2, 0.25) is 0 Å². The second-order valence-electron chi connectivity index (χ2n) is 7.28. The van der Waals surface area contributed by atoms with Crippen LogP contribution in [0.15, 0.2) is 54.9 Å². The summed E-state index contributed by atoms with van der Waals surface area (Å²) in [5, 5.41) is 0. The predicted molar refractivity (Wildman–Crippen MR) is 123 cm³/mol. The van der Waals surface area contributed by atoms with Crippen LogP contribution in [-0.2, 0) is 0 Å². The average molecular weight is 443 g/mol. The maximum atomic E-state index is 13.1. The van der Waals surface area contributed by atoms with Crippen LogP contribution in [0.3, 0.4) is 0 Å². The van der Waals surface area contributed by atoms with E-state index in [1.165, 1.54) is 5.56 Å². The lowest BCUT2D eigenvalue weighted by Gasteiger charge is -2.35. The van der Waals surface area contributed by atoms with Crippen molar-refractivity contribution in [2.45, 2.75) is 6.92 Å². The van der Waals surface area contributed by atoms with Crippen LogP contribution in [0, 0.1) is 6.92 Å². The van der Waals surface area contributed by atoms with E-state index >= 15 is 0 Å². The van der Waals surface area contributed by atoms with Crippen molar-refractivity contribution >= 4 is 24.3 Å². The normalized spacial score (nSPS) is 13.5. The van der Waals surface area contributed by atoms with Gasteiger partial charge in [-0.3, -0.25) is 9.36 Å². The SMILES string of the molecule is COc1ccc(C(=O)N2CCN(c3nccn3-c3ccc(C)cc3)CC2)c(OC)c1.Cl. The van der Waals surface area contributed by atoms with Crippen molar-refractivity contribution in [3.05, 3.63) is 66.0 Å². The zero-order chi connectivity index (χ0) is 21.1. The molecule has 1 saturated heterocycles. The first-order chi connectivity index (χ1) is 14.6. The van der Waals surface area contributed by atoms with Crippen molar-refractivity contribution < 1.29 is 14.3 Å². The van der Waals surface area contributed by atoms with Gasteiger partial charge in [0.05, 0.1) is 19.8 Å². The molecule has 1 aliphatic heterocycles. The molecule has 1 fully saturated rings. The van der Waals surface area contributed by atoms with Crippen molar-refractivity contribution in [3.8, 4) is 17.2 Å². The Morgan fingerprint density at radius 1 is 0.968 bits per heavy atom. The highest BCUT2D eigenvalue weighted by molar-refractivity contribution is 5.97. The number of amides is 1. The number of piperazine rings is 1. The molecule has 31 heavy (non-hydrogen) atoms. The van der Waals surface area contributed by atoms with E-state index in [1.54, 1.807) is 32.4 Å². The number of hydrogen-bond donors (Lipinski definition) is 0. The van der Waals surface area contributed by atoms with E-state index in [0.29, 0.717) is 43.2 Å². The number of rotatable bonds is 5. The van der Waals surface area contributed by atoms with Crippen LogP contribution < -0.4 is 14.4 Å². The number of aryl methyl sites for hydroxylation is 1. The molecule has 0 atom stereocenters. The molecule has 1 aromatic heterocycles. The fourth-order valence-electron chi connectivity index (χ4n) is 3.69. The molecule has 4 rings (SSSR count). The standard InChI is InChI=1S/C23H26N4O3.ClH/c1-17-4-6-18(7-5-17)27-11-10-24-23(27)26-14-12-25(13-15-26)22(28)20-9-8-19(29-2)16-21(20)30-3;/h4-11,16H,12-15H2,1-3H3;1H. The smallest absolute Gasteiger partial charge is 0.257 e. The van der Waals surface area contributed by atoms with Gasteiger partial charge in [0.25, 0.3) is 5.91 Å². The number of ether oxygens (including phenoxy) is 2. The van der Waals surface area contributed by atoms with Crippen LogP contribution >= 0.6 is 12.4 Å². The summed E-state index contributed by atoms with van der Waals surface area (Å²) in [6, 6.07) is 13.7. The minimum Gasteiger partial charge on any atom is -0.497 e. The van der Waals surface area contributed by atoms with E-state index in [4.69, 9.17) is 9.47 Å². The molecule has 2 aromatic carbocycles. The van der Waals surface area contributed by atoms with Gasteiger partial charge in [-0.2, -0.15) is 0 Å². The van der Waals surface area contributed by atoms with Crippen LogP contribution in [0.5, 0.6) is 11.5 Å². The lowest BCUT2D eigenvalue weighted by atomic mass is 10.1. The summed E-state index contributed by atoms with van der Waals surface area (Å²) in [5.41, 5.74) is 2.85. The first-order valence-corrected chi connectivity index (χ1v) is 9.97. The van der Waals surface area contributed by atoms with Crippen molar-refractivity contribution in [2.75, 3.05) is 45.3 Å². The molecule has 1 amide bonds. The maximum absolute atomic E-state index is 13.1. The molecule has 0 saturated carbocycles. The van der Waals surface area contributed by atoms with E-state index < -0.39 is 0 Å². The number of carbonyl (C=O) groups excluding carboxylic acids is 1. The Hall–Kier alpha value is -3.19. The number of halogens is 1. The van der Waals surface area contributed by atoms with Gasteiger partial charge in [0, 0.05) is 50.3 Å². The molecule has 7 nitrogen and oxygen atoms in total. The van der Waals surface area contributed by atoms with Gasteiger partial charge in [-0.25, -0.2) is 4.98 Å². The molecule has 2 heterocycles. The Morgan fingerprint density at radius 3 is 2.32 bits per heavy atom. The Bertz CT molecular complexity index is 1030. The lowest BCUT2D eigenvalue weighted by molar-refractivity contribution is 0.0742. The van der Waals surface area contributed by atoms with Crippen molar-refractivity contribution in [1.29, 1.82) is 0 Å². The van der Waals surface area contributed by atoms with Crippen molar-refractivity contribution in [1.82, 2.24) is 14.5 Å². The average Bonchev–Trinajstić information content (AvgIpc) is 3.28. The zero-order valence-electron chi connectivity index (χ0n) is 17.9. The lowest BCUT2D eigenvalue weighted by Crippen LogP contribution is -2.49. The summed E-state index contributed by atoms with van der Waals surface area (Å²) >= 11 is 0. The third-order valence-corrected chi connectivity index (χ3v) is 5.42. The van der Waals surface area contributed by atoms with Gasteiger partial charge in [0.15, 0.2) is 0 Å². The quantitative estimate of drug-likeness (QED) is 0.604. The third-order valence-electron chi connectivity index (χ3n) is 5.42. The van der Waals surface area contributed by atoms with Crippen LogP contribution in [0.25, 0.3) is 5.69 Å². The third kappa shape index (κ3) is 4.61. The van der Waals surface area contributed by atoms with Gasteiger partial charge in [-0.15, -0.1) is 12.4 Å². The molecule has 0 radical (unpaired) electrons. The van der Waals surface area contributed by atoms with Gasteiger partial charge in [-0.1, -0.05) is 17.7 Å². The summed E-state index contributed by atoms with van der Waals surface area (Å²) < 4.78 is 12.7. The predicted octanol–water partition coefficient (Wildman–Crippen LogP) is 3.58. The molecule has 0 bridgehead atoms. The molecule has 3 aromatic rings. The Kier molecular flexibility index (Phi) is 7.07. The Labute approximate surface area is 188 Å². The molecular formula is C23H27ClN4O3. The van der Waals surface area contributed by atoms with Crippen LogP contribution in [0.1, 0.15) is 15.9 Å². The molecule has 164 valence electrons. The highest BCUT2D eigenvalue weighted by Gasteiger charge is 2.26. The maximum Gasteiger partial charge on any atom is 0.257 e. The number of anilines is 1. The van der Waals surface area contributed by atoms with Gasteiger partial charge < -0.3 is 19.3 Å². The van der Waals surface area contributed by atoms with Gasteiger partial charge in [-0.05, 0) is 31.2 Å². The fourth-order valence-corrected chi connectivity index (χ4v) is 3.69. The number of nitrogens with zero attached hydrogens (tertiary/aromatic N) is 4. The molecule has 1 aliphatic rings. The van der Waals surface area contributed by atoms with Gasteiger partial charge in [0.1, 0.15) is 11.5 Å². The summed E-state index contributed by atoms with van der Waals surface area (Å²) in [7, 11) is 3.16.